The molecule has 1 amide bonds. The summed E-state index contributed by atoms with van der Waals surface area (Å²) in [6.45, 7) is 15.8. The molecule has 1 fully saturated rings. The molecule has 0 unspecified atom stereocenters. The van der Waals surface area contributed by atoms with Crippen molar-refractivity contribution >= 4 is 30.8 Å². The van der Waals surface area contributed by atoms with E-state index in [1.165, 1.54) is 32.0 Å². The van der Waals surface area contributed by atoms with E-state index in [1.807, 2.05) is 21.6 Å². The second-order valence-corrected chi connectivity index (χ2v) is 17.2. The van der Waals surface area contributed by atoms with Gasteiger partial charge in [0.1, 0.15) is 18.0 Å². The smallest absolute Gasteiger partial charge is 0.247 e. The van der Waals surface area contributed by atoms with Crippen LogP contribution in [0.4, 0.5) is 5.69 Å². The Morgan fingerprint density at radius 1 is 1.15 bits per heavy atom. The average molecular weight is 574 g/mol. The zero-order valence-electron chi connectivity index (χ0n) is 24.2. The number of benzene rings is 1. The van der Waals surface area contributed by atoms with Crippen molar-refractivity contribution in [2.24, 2.45) is 0 Å². The maximum absolute atomic E-state index is 11.7. The van der Waals surface area contributed by atoms with E-state index in [4.69, 9.17) is 19.4 Å². The summed E-state index contributed by atoms with van der Waals surface area (Å²) in [4.78, 5) is 23.8. The molecule has 5 rings (SSSR count). The second-order valence-electron chi connectivity index (χ2n) is 11.6. The van der Waals surface area contributed by atoms with Crippen LogP contribution >= 0.6 is 0 Å². The fourth-order valence-corrected chi connectivity index (χ4v) is 5.52. The van der Waals surface area contributed by atoms with Gasteiger partial charge in [-0.2, -0.15) is 5.10 Å². The van der Waals surface area contributed by atoms with Gasteiger partial charge in [0.25, 0.3) is 0 Å². The Morgan fingerprint density at radius 3 is 2.76 bits per heavy atom. The van der Waals surface area contributed by atoms with Crippen LogP contribution in [-0.4, -0.2) is 69.4 Å². The molecule has 10 nitrogen and oxygen atoms in total. The third-order valence-corrected chi connectivity index (χ3v) is 8.77. The third-order valence-electron chi connectivity index (χ3n) is 7.07. The Balaban J connectivity index is 1.40. The number of carbonyl (C=O) groups is 1. The summed E-state index contributed by atoms with van der Waals surface area (Å²) in [7, 11) is -1.19. The predicted octanol–water partition coefficient (Wildman–Crippen LogP) is 5.62. The molecule has 4 aromatic rings. The molecule has 0 bridgehead atoms. The molecule has 1 aromatic carbocycles. The molecule has 0 radical (unpaired) electrons. The second kappa shape index (κ2) is 12.8. The molecular formula is C30H39N7O3Si. The zero-order valence-corrected chi connectivity index (χ0v) is 25.2. The van der Waals surface area contributed by atoms with Gasteiger partial charge in [-0.05, 0) is 50.2 Å². The van der Waals surface area contributed by atoms with Gasteiger partial charge in [-0.1, -0.05) is 32.3 Å². The fourth-order valence-electron chi connectivity index (χ4n) is 4.76. The van der Waals surface area contributed by atoms with Crippen molar-refractivity contribution in [3.05, 3.63) is 61.7 Å². The first-order valence-corrected chi connectivity index (χ1v) is 17.9. The number of aromatic nitrogens is 5. The Bertz CT molecular complexity index is 1500. The van der Waals surface area contributed by atoms with Gasteiger partial charge in [-0.3, -0.25) is 9.48 Å². The molecule has 3 aromatic heterocycles. The molecule has 1 aliphatic heterocycles. The van der Waals surface area contributed by atoms with Crippen molar-refractivity contribution in [1.82, 2.24) is 29.2 Å². The number of hydrogen-bond donors (Lipinski definition) is 1. The lowest BCUT2D eigenvalue weighted by Crippen LogP contribution is -2.24. The van der Waals surface area contributed by atoms with E-state index in [0.717, 1.165) is 35.9 Å². The van der Waals surface area contributed by atoms with Crippen LogP contribution in [0.15, 0.2) is 61.7 Å². The van der Waals surface area contributed by atoms with E-state index in [9.17, 15) is 4.79 Å². The monoisotopic (exact) mass is 573 g/mol. The van der Waals surface area contributed by atoms with Gasteiger partial charge in [0, 0.05) is 56.5 Å². The largest absolute Gasteiger partial charge is 0.437 e. The van der Waals surface area contributed by atoms with Crippen LogP contribution in [0.2, 0.25) is 25.7 Å². The average Bonchev–Trinajstić information content (AvgIpc) is 3.70. The molecule has 216 valence electrons. The lowest BCUT2D eigenvalue weighted by atomic mass is 10.2. The van der Waals surface area contributed by atoms with Crippen LogP contribution in [0.25, 0.3) is 22.3 Å². The highest BCUT2D eigenvalue weighted by atomic mass is 28.3. The number of ether oxygens (including phenoxy) is 2. The quantitative estimate of drug-likeness (QED) is 0.126. The number of nitrogens with one attached hydrogen (secondary N) is 1. The van der Waals surface area contributed by atoms with Crippen molar-refractivity contribution in [2.75, 3.05) is 31.6 Å². The Labute approximate surface area is 242 Å². The van der Waals surface area contributed by atoms with Crippen LogP contribution < -0.4 is 10.1 Å². The first-order chi connectivity index (χ1) is 19.8. The highest BCUT2D eigenvalue weighted by Crippen LogP contribution is 2.31. The summed E-state index contributed by atoms with van der Waals surface area (Å²) in [5.41, 5.74) is 3.93. The normalized spacial score (nSPS) is 14.0. The lowest BCUT2D eigenvalue weighted by molar-refractivity contribution is -0.111. The number of nitrogens with zero attached hydrogens (tertiary/aromatic N) is 6. The van der Waals surface area contributed by atoms with Gasteiger partial charge in [0.05, 0.1) is 18.9 Å². The molecule has 4 heterocycles. The number of carbonyl (C=O) groups excluding carboxylic acids is 1. The molecular weight excluding hydrogens is 534 g/mol. The summed E-state index contributed by atoms with van der Waals surface area (Å²) in [6.07, 6.45) is 11.4. The van der Waals surface area contributed by atoms with Crippen molar-refractivity contribution in [3.8, 4) is 22.8 Å². The van der Waals surface area contributed by atoms with Crippen LogP contribution in [-0.2, 0) is 22.8 Å². The molecule has 1 saturated heterocycles. The molecule has 1 N–H and O–H groups in total. The Kier molecular flexibility index (Phi) is 8.96. The highest BCUT2D eigenvalue weighted by molar-refractivity contribution is 6.76. The maximum atomic E-state index is 11.7. The van der Waals surface area contributed by atoms with E-state index in [-0.39, 0.29) is 5.91 Å². The zero-order chi connectivity index (χ0) is 28.8. The van der Waals surface area contributed by atoms with Gasteiger partial charge >= 0.3 is 0 Å². The van der Waals surface area contributed by atoms with E-state index in [0.29, 0.717) is 36.2 Å². The van der Waals surface area contributed by atoms with E-state index in [2.05, 4.69) is 47.7 Å². The Hall–Kier alpha value is -3.80. The van der Waals surface area contributed by atoms with Gasteiger partial charge in [0.15, 0.2) is 5.65 Å². The van der Waals surface area contributed by atoms with Gasteiger partial charge in [-0.25, -0.2) is 9.97 Å². The summed E-state index contributed by atoms with van der Waals surface area (Å²) in [6, 6.07) is 8.22. The first kappa shape index (κ1) is 28.7. The number of hydrogen-bond acceptors (Lipinski definition) is 7. The number of fused-ring (bicyclic) bond motifs is 1. The van der Waals surface area contributed by atoms with Crippen LogP contribution in [0, 0.1) is 0 Å². The first-order valence-electron chi connectivity index (χ1n) is 14.2. The lowest BCUT2D eigenvalue weighted by Gasteiger charge is -2.15. The predicted molar refractivity (Wildman–Crippen MR) is 164 cm³/mol. The Morgan fingerprint density at radius 2 is 1.98 bits per heavy atom. The molecule has 0 spiro atoms. The minimum absolute atomic E-state index is 0.289. The van der Waals surface area contributed by atoms with Gasteiger partial charge in [-0.15, -0.1) is 0 Å². The van der Waals surface area contributed by atoms with E-state index >= 15 is 0 Å². The topological polar surface area (TPSA) is 99.3 Å². The van der Waals surface area contributed by atoms with E-state index in [1.54, 1.807) is 30.5 Å². The van der Waals surface area contributed by atoms with Crippen LogP contribution in [0.1, 0.15) is 12.8 Å². The number of anilines is 1. The molecule has 11 heteroatoms. The van der Waals surface area contributed by atoms with Crippen LogP contribution in [0.5, 0.6) is 11.6 Å². The summed E-state index contributed by atoms with van der Waals surface area (Å²) in [5, 5.41) is 7.38. The van der Waals surface area contributed by atoms with Crippen molar-refractivity contribution in [3.63, 3.8) is 0 Å². The third kappa shape index (κ3) is 7.69. The molecule has 0 atom stereocenters. The van der Waals surface area contributed by atoms with Crippen LogP contribution in [0.3, 0.4) is 0 Å². The molecule has 41 heavy (non-hydrogen) atoms. The summed E-state index contributed by atoms with van der Waals surface area (Å²) < 4.78 is 16.1. The molecule has 0 aliphatic carbocycles. The fraction of sp³-hybridized carbons (Fsp3) is 0.400. The maximum Gasteiger partial charge on any atom is 0.247 e. The molecule has 0 saturated carbocycles. The molecule has 1 aliphatic rings. The summed E-state index contributed by atoms with van der Waals surface area (Å²) in [5.74, 6) is 0.595. The van der Waals surface area contributed by atoms with Crippen molar-refractivity contribution in [1.29, 1.82) is 0 Å². The SMILES string of the molecule is C=CC(=O)Nc1cccc(Oc2cnc3c(n2)c(-c2cnn(CCN4CCCC4)c2)cn3COCC[Si](C)(C)C)c1. The number of amides is 1. The van der Waals surface area contributed by atoms with Gasteiger partial charge < -0.3 is 24.3 Å². The van der Waals surface area contributed by atoms with Crippen molar-refractivity contribution in [2.45, 2.75) is 51.8 Å². The van der Waals surface area contributed by atoms with E-state index < -0.39 is 8.07 Å². The van der Waals surface area contributed by atoms with Crippen molar-refractivity contribution < 1.29 is 14.3 Å². The minimum atomic E-state index is -1.19. The number of rotatable bonds is 13. The van der Waals surface area contributed by atoms with Gasteiger partial charge in [0.2, 0.25) is 11.8 Å². The number of likely N-dealkylation sites (tertiary alicyclic amines) is 1. The standard InChI is InChI=1S/C30H39N7O3Si/c1-5-27(38)33-24-9-8-10-25(17-24)40-28-19-31-30-29(34-28)26(21-36(30)22-39-15-16-41(2,3)4)23-18-32-37(20-23)14-13-35-11-6-7-12-35/h5,8-10,17-21H,1,6-7,11-16,22H2,2-4H3,(H,33,38). The highest BCUT2D eigenvalue weighted by Gasteiger charge is 2.18. The summed E-state index contributed by atoms with van der Waals surface area (Å²) >= 11 is 0. The minimum Gasteiger partial charge on any atom is -0.437 e.